The quantitative estimate of drug-likeness (QED) is 0.843. The van der Waals surface area contributed by atoms with Gasteiger partial charge in [-0.15, -0.1) is 0 Å². The van der Waals surface area contributed by atoms with Crippen LogP contribution in [0.2, 0.25) is 0 Å². The van der Waals surface area contributed by atoms with Crippen molar-refractivity contribution in [2.75, 3.05) is 26.2 Å². The number of likely N-dealkylation sites (tertiary alicyclic amines) is 1. The number of carbonyl (C=O) groups is 1. The van der Waals surface area contributed by atoms with Crippen molar-refractivity contribution in [3.05, 3.63) is 35.9 Å². The van der Waals surface area contributed by atoms with Crippen molar-refractivity contribution in [2.24, 2.45) is 11.8 Å². The molecule has 2 rings (SSSR count). The van der Waals surface area contributed by atoms with Crippen molar-refractivity contribution in [1.82, 2.24) is 9.80 Å². The molecule has 1 saturated heterocycles. The molecule has 146 valence electrons. The van der Waals surface area contributed by atoms with E-state index in [4.69, 9.17) is 4.74 Å². The normalized spacial score (nSPS) is 21.2. The van der Waals surface area contributed by atoms with Gasteiger partial charge in [-0.25, -0.2) is 4.79 Å². The van der Waals surface area contributed by atoms with Crippen molar-refractivity contribution in [2.45, 2.75) is 52.8 Å². The molecule has 5 heteroatoms. The Balaban J connectivity index is 2.01. The fourth-order valence-electron chi connectivity index (χ4n) is 3.49. The number of amides is 1. The van der Waals surface area contributed by atoms with Crippen LogP contribution in [0.4, 0.5) is 4.79 Å². The first kappa shape index (κ1) is 20.7. The van der Waals surface area contributed by atoms with E-state index < -0.39 is 5.60 Å². The first-order chi connectivity index (χ1) is 12.2. The minimum Gasteiger partial charge on any atom is -0.444 e. The monoisotopic (exact) mass is 362 g/mol. The second-order valence-corrected chi connectivity index (χ2v) is 8.61. The maximum Gasteiger partial charge on any atom is 0.410 e. The van der Waals surface area contributed by atoms with Gasteiger partial charge in [-0.3, -0.25) is 4.90 Å². The van der Waals surface area contributed by atoms with E-state index in [1.165, 1.54) is 5.56 Å². The number of hydrogen-bond acceptors (Lipinski definition) is 4. The molecule has 0 saturated carbocycles. The van der Waals surface area contributed by atoms with Gasteiger partial charge in [0.2, 0.25) is 0 Å². The van der Waals surface area contributed by atoms with Crippen molar-refractivity contribution in [3.8, 4) is 0 Å². The Morgan fingerprint density at radius 1 is 1.23 bits per heavy atom. The lowest BCUT2D eigenvalue weighted by atomic mass is 9.96. The van der Waals surface area contributed by atoms with Crippen molar-refractivity contribution in [1.29, 1.82) is 0 Å². The molecule has 2 atom stereocenters. The van der Waals surface area contributed by atoms with Gasteiger partial charge < -0.3 is 14.7 Å². The van der Waals surface area contributed by atoms with Crippen LogP contribution >= 0.6 is 0 Å². The predicted octanol–water partition coefficient (Wildman–Crippen LogP) is 3.37. The molecule has 0 aromatic heterocycles. The molecule has 1 N–H and O–H groups in total. The summed E-state index contributed by atoms with van der Waals surface area (Å²) < 4.78 is 5.57. The van der Waals surface area contributed by atoms with E-state index in [1.54, 1.807) is 4.90 Å². The molecule has 26 heavy (non-hydrogen) atoms. The minimum absolute atomic E-state index is 0.0624. The number of carbonyl (C=O) groups excluding carboxylic acids is 1. The Hall–Kier alpha value is -1.59. The number of nitrogens with zero attached hydrogens (tertiary/aromatic N) is 2. The summed E-state index contributed by atoms with van der Waals surface area (Å²) in [6, 6.07) is 10.4. The number of hydrogen-bond donors (Lipinski definition) is 1. The predicted molar refractivity (Wildman–Crippen MR) is 104 cm³/mol. The fourth-order valence-corrected chi connectivity index (χ4v) is 3.49. The van der Waals surface area contributed by atoms with Crippen molar-refractivity contribution < 1.29 is 14.6 Å². The molecular weight excluding hydrogens is 328 g/mol. The molecule has 5 nitrogen and oxygen atoms in total. The molecule has 0 bridgehead atoms. The zero-order valence-corrected chi connectivity index (χ0v) is 16.8. The lowest BCUT2D eigenvalue weighted by molar-refractivity contribution is 0.0136. The Bertz CT molecular complexity index is 568. The zero-order valence-electron chi connectivity index (χ0n) is 16.8. The summed E-state index contributed by atoms with van der Waals surface area (Å²) in [6.07, 6.45) is -0.273. The van der Waals surface area contributed by atoms with Crippen LogP contribution in [0.25, 0.3) is 0 Å². The van der Waals surface area contributed by atoms with Crippen LogP contribution in [0.5, 0.6) is 0 Å². The highest BCUT2D eigenvalue weighted by Crippen LogP contribution is 2.27. The molecule has 1 aliphatic rings. The maximum atomic E-state index is 12.6. The number of rotatable bonds is 6. The number of benzene rings is 1. The van der Waals surface area contributed by atoms with E-state index in [1.807, 2.05) is 40.7 Å². The van der Waals surface area contributed by atoms with Gasteiger partial charge in [-0.2, -0.15) is 0 Å². The topological polar surface area (TPSA) is 53.0 Å². The molecular formula is C21H34N2O3. The van der Waals surface area contributed by atoms with Crippen LogP contribution < -0.4 is 0 Å². The van der Waals surface area contributed by atoms with Gasteiger partial charge in [0.05, 0.1) is 0 Å². The standard InChI is InChI=1S/C21H34N2O3/c1-16(2)23(20(25)26-21(3,4)5)14-18-12-22(13-19(18)15-24)11-17-9-7-6-8-10-17/h6-10,16,18-19,24H,11-15H2,1-5H3/t18-,19-/m0/s1. The Morgan fingerprint density at radius 3 is 2.38 bits per heavy atom. The van der Waals surface area contributed by atoms with Crippen molar-refractivity contribution in [3.63, 3.8) is 0 Å². The van der Waals surface area contributed by atoms with Crippen LogP contribution in [0.15, 0.2) is 30.3 Å². The number of ether oxygens (including phenoxy) is 1. The van der Waals surface area contributed by atoms with Gasteiger partial charge in [-0.05, 0) is 46.1 Å². The summed E-state index contributed by atoms with van der Waals surface area (Å²) in [5.74, 6) is 0.432. The highest BCUT2D eigenvalue weighted by atomic mass is 16.6. The number of aliphatic hydroxyl groups excluding tert-OH is 1. The molecule has 1 heterocycles. The highest BCUT2D eigenvalue weighted by Gasteiger charge is 2.36. The molecule has 0 radical (unpaired) electrons. The van der Waals surface area contributed by atoms with E-state index in [2.05, 4.69) is 29.2 Å². The molecule has 1 fully saturated rings. The van der Waals surface area contributed by atoms with E-state index in [-0.39, 0.29) is 30.6 Å². The highest BCUT2D eigenvalue weighted by molar-refractivity contribution is 5.68. The lowest BCUT2D eigenvalue weighted by Crippen LogP contribution is -2.45. The smallest absolute Gasteiger partial charge is 0.410 e. The third kappa shape index (κ3) is 5.99. The van der Waals surface area contributed by atoms with Gasteiger partial charge in [0.25, 0.3) is 0 Å². The Labute approximate surface area is 157 Å². The summed E-state index contributed by atoms with van der Waals surface area (Å²) >= 11 is 0. The van der Waals surface area contributed by atoms with Crippen LogP contribution in [0, 0.1) is 11.8 Å². The van der Waals surface area contributed by atoms with Gasteiger partial charge in [0, 0.05) is 44.7 Å². The van der Waals surface area contributed by atoms with E-state index in [9.17, 15) is 9.90 Å². The van der Waals surface area contributed by atoms with E-state index >= 15 is 0 Å². The maximum absolute atomic E-state index is 12.6. The number of aliphatic hydroxyl groups is 1. The van der Waals surface area contributed by atoms with Crippen molar-refractivity contribution >= 4 is 6.09 Å². The average molecular weight is 363 g/mol. The summed E-state index contributed by atoms with van der Waals surface area (Å²) in [5.41, 5.74) is 0.771. The summed E-state index contributed by atoms with van der Waals surface area (Å²) in [4.78, 5) is 16.7. The zero-order chi connectivity index (χ0) is 19.3. The summed E-state index contributed by atoms with van der Waals surface area (Å²) in [5, 5.41) is 9.84. The fraction of sp³-hybridized carbons (Fsp3) is 0.667. The first-order valence-corrected chi connectivity index (χ1v) is 9.56. The SMILES string of the molecule is CC(C)N(C[C@@H]1CN(Cc2ccccc2)C[C@H]1CO)C(=O)OC(C)(C)C. The third-order valence-electron chi connectivity index (χ3n) is 4.82. The third-order valence-corrected chi connectivity index (χ3v) is 4.82. The minimum atomic E-state index is -0.504. The van der Waals surface area contributed by atoms with Gasteiger partial charge in [0.15, 0.2) is 0 Å². The lowest BCUT2D eigenvalue weighted by Gasteiger charge is -2.33. The van der Waals surface area contributed by atoms with Crippen LogP contribution in [-0.2, 0) is 11.3 Å². The van der Waals surface area contributed by atoms with Crippen LogP contribution in [-0.4, -0.2) is 58.9 Å². The molecule has 0 spiro atoms. The van der Waals surface area contributed by atoms with E-state index in [0.29, 0.717) is 6.54 Å². The molecule has 1 aromatic carbocycles. The molecule has 1 aromatic rings. The van der Waals surface area contributed by atoms with Crippen LogP contribution in [0.3, 0.4) is 0 Å². The summed E-state index contributed by atoms with van der Waals surface area (Å²) in [6.45, 7) is 13.1. The second-order valence-electron chi connectivity index (χ2n) is 8.61. The molecule has 0 aliphatic carbocycles. The Kier molecular flexibility index (Phi) is 7.07. The summed E-state index contributed by atoms with van der Waals surface area (Å²) in [7, 11) is 0. The largest absolute Gasteiger partial charge is 0.444 e. The first-order valence-electron chi connectivity index (χ1n) is 9.56. The van der Waals surface area contributed by atoms with Gasteiger partial charge >= 0.3 is 6.09 Å². The molecule has 1 amide bonds. The Morgan fingerprint density at radius 2 is 1.85 bits per heavy atom. The molecule has 0 unspecified atom stereocenters. The van der Waals surface area contributed by atoms with Gasteiger partial charge in [0.1, 0.15) is 5.60 Å². The second kappa shape index (κ2) is 8.87. The van der Waals surface area contributed by atoms with Crippen LogP contribution in [0.1, 0.15) is 40.2 Å². The molecule has 1 aliphatic heterocycles. The average Bonchev–Trinajstić information content (AvgIpc) is 2.93. The van der Waals surface area contributed by atoms with E-state index in [0.717, 1.165) is 19.6 Å². The van der Waals surface area contributed by atoms with Gasteiger partial charge in [-0.1, -0.05) is 30.3 Å².